The molecule has 2 aliphatic rings. The molecule has 0 aliphatic carbocycles. The van der Waals surface area contributed by atoms with Crippen LogP contribution in [0.3, 0.4) is 0 Å². The first-order valence-electron chi connectivity index (χ1n) is 5.20. The maximum Gasteiger partial charge on any atom is 0.410 e. The zero-order valence-corrected chi connectivity index (χ0v) is 10.9. The highest BCUT2D eigenvalue weighted by Crippen LogP contribution is 2.34. The van der Waals surface area contributed by atoms with Gasteiger partial charge in [-0.1, -0.05) is 0 Å². The number of likely N-dealkylation sites (N-methyl/N-ethyl adjacent to an activating group) is 1. The summed E-state index contributed by atoms with van der Waals surface area (Å²) in [7, 11) is -0.192. The fraction of sp³-hybridized carbons (Fsp3) is 0.889. The molecule has 2 rings (SSSR count). The summed E-state index contributed by atoms with van der Waals surface area (Å²) in [5, 5.41) is 0. The van der Waals surface area contributed by atoms with E-state index in [1.54, 1.807) is 7.05 Å². The molecule has 98 valence electrons. The van der Waals surface area contributed by atoms with E-state index in [1.165, 1.54) is 16.3 Å². The number of amides is 1. The van der Waals surface area contributed by atoms with E-state index in [-0.39, 0.29) is 13.1 Å². The van der Waals surface area contributed by atoms with Crippen molar-refractivity contribution < 1.29 is 22.7 Å². The molecule has 2 saturated heterocycles. The van der Waals surface area contributed by atoms with Gasteiger partial charge in [0.15, 0.2) is 5.60 Å². The molecule has 7 nitrogen and oxygen atoms in total. The van der Waals surface area contributed by atoms with Crippen LogP contribution in [0.5, 0.6) is 0 Å². The third-order valence-electron chi connectivity index (χ3n) is 3.26. The van der Waals surface area contributed by atoms with Gasteiger partial charge in [0, 0.05) is 20.7 Å². The molecule has 1 amide bonds. The first-order chi connectivity index (χ1) is 7.78. The van der Waals surface area contributed by atoms with E-state index >= 15 is 0 Å². The maximum atomic E-state index is 11.5. The van der Waals surface area contributed by atoms with Crippen molar-refractivity contribution in [2.75, 3.05) is 40.0 Å². The molecule has 2 aliphatic heterocycles. The van der Waals surface area contributed by atoms with Crippen molar-refractivity contribution in [2.24, 2.45) is 0 Å². The van der Waals surface area contributed by atoms with E-state index < -0.39 is 27.8 Å². The summed E-state index contributed by atoms with van der Waals surface area (Å²) in [6, 6.07) is 0. The summed E-state index contributed by atoms with van der Waals surface area (Å²) in [5.41, 5.74) is -0.871. The quantitative estimate of drug-likeness (QED) is 0.646. The van der Waals surface area contributed by atoms with Crippen LogP contribution in [0, 0.1) is 0 Å². The molecule has 17 heavy (non-hydrogen) atoms. The lowest BCUT2D eigenvalue weighted by molar-refractivity contribution is -0.0400. The van der Waals surface area contributed by atoms with E-state index in [2.05, 4.69) is 0 Å². The Hall–Kier alpha value is -0.860. The largest absolute Gasteiger partial charge is 0.437 e. The average molecular weight is 264 g/mol. The summed E-state index contributed by atoms with van der Waals surface area (Å²) in [5.74, 6) is 0. The fourth-order valence-electron chi connectivity index (χ4n) is 2.36. The molecule has 2 heterocycles. The molecule has 0 aromatic heterocycles. The highest BCUT2D eigenvalue weighted by molar-refractivity contribution is 7.88. The number of carbonyl (C=O) groups is 1. The van der Waals surface area contributed by atoms with Gasteiger partial charge in [-0.05, 0) is 0 Å². The summed E-state index contributed by atoms with van der Waals surface area (Å²) < 4.78 is 34.9. The SMILES string of the molecule is CO[C@H]1CN(S(C)(=O)=O)C[C@]12CN(C)C(=O)O2. The molecule has 2 fully saturated rings. The summed E-state index contributed by atoms with van der Waals surface area (Å²) in [6.45, 7) is 0.716. The Morgan fingerprint density at radius 3 is 2.53 bits per heavy atom. The molecule has 2 atom stereocenters. The highest BCUT2D eigenvalue weighted by atomic mass is 32.2. The third-order valence-corrected chi connectivity index (χ3v) is 4.48. The van der Waals surface area contributed by atoms with Gasteiger partial charge in [-0.25, -0.2) is 13.2 Å². The maximum absolute atomic E-state index is 11.5. The van der Waals surface area contributed by atoms with Gasteiger partial charge in [-0.3, -0.25) is 0 Å². The van der Waals surface area contributed by atoms with Gasteiger partial charge in [0.2, 0.25) is 10.0 Å². The second-order valence-corrected chi connectivity index (χ2v) is 6.55. The topological polar surface area (TPSA) is 76.2 Å². The summed E-state index contributed by atoms with van der Waals surface area (Å²) >= 11 is 0. The highest BCUT2D eigenvalue weighted by Gasteiger charge is 2.57. The summed E-state index contributed by atoms with van der Waals surface area (Å²) in [4.78, 5) is 12.9. The average Bonchev–Trinajstić information content (AvgIpc) is 2.68. The molecular weight excluding hydrogens is 248 g/mol. The molecule has 0 saturated carbocycles. The van der Waals surface area contributed by atoms with Gasteiger partial charge in [0.05, 0.1) is 19.3 Å². The van der Waals surface area contributed by atoms with Crippen LogP contribution in [-0.2, 0) is 19.5 Å². The van der Waals surface area contributed by atoms with E-state index in [0.29, 0.717) is 6.54 Å². The predicted molar refractivity (Wildman–Crippen MR) is 59.1 cm³/mol. The van der Waals surface area contributed by atoms with Gasteiger partial charge in [0.1, 0.15) is 6.10 Å². The molecule has 8 heteroatoms. The van der Waals surface area contributed by atoms with Crippen molar-refractivity contribution in [1.82, 2.24) is 9.21 Å². The van der Waals surface area contributed by atoms with Crippen LogP contribution in [0.4, 0.5) is 4.79 Å². The fourth-order valence-corrected chi connectivity index (χ4v) is 3.22. The van der Waals surface area contributed by atoms with Crippen LogP contribution >= 0.6 is 0 Å². The van der Waals surface area contributed by atoms with Gasteiger partial charge in [0.25, 0.3) is 0 Å². The van der Waals surface area contributed by atoms with Crippen molar-refractivity contribution >= 4 is 16.1 Å². The Kier molecular flexibility index (Phi) is 2.83. The van der Waals surface area contributed by atoms with Crippen molar-refractivity contribution in [3.8, 4) is 0 Å². The second-order valence-electron chi connectivity index (χ2n) is 4.57. The molecule has 0 unspecified atom stereocenters. The zero-order valence-electron chi connectivity index (χ0n) is 10.0. The molecular formula is C9H16N2O5S. The van der Waals surface area contributed by atoms with Crippen molar-refractivity contribution in [3.05, 3.63) is 0 Å². The minimum atomic E-state index is -3.30. The number of methoxy groups -OCH3 is 1. The molecule has 0 N–H and O–H groups in total. The lowest BCUT2D eigenvalue weighted by Gasteiger charge is -2.26. The van der Waals surface area contributed by atoms with Gasteiger partial charge < -0.3 is 14.4 Å². The normalized spacial score (nSPS) is 34.6. The number of rotatable bonds is 2. The standard InChI is InChI=1S/C9H16N2O5S/c1-10-5-9(16-8(10)12)6-11(17(3,13)14)4-7(9)15-2/h7H,4-6H2,1-3H3/t7-,9+/m0/s1. The van der Waals surface area contributed by atoms with Crippen LogP contribution in [0.1, 0.15) is 0 Å². The minimum Gasteiger partial charge on any atom is -0.437 e. The van der Waals surface area contributed by atoms with E-state index in [4.69, 9.17) is 9.47 Å². The van der Waals surface area contributed by atoms with Gasteiger partial charge in [-0.15, -0.1) is 0 Å². The Bertz CT molecular complexity index is 437. The van der Waals surface area contributed by atoms with Crippen LogP contribution in [0.25, 0.3) is 0 Å². The van der Waals surface area contributed by atoms with Crippen LogP contribution in [0.15, 0.2) is 0 Å². The Labute approximate surface area is 100 Å². The first kappa shape index (κ1) is 12.6. The number of ether oxygens (including phenoxy) is 2. The number of hydrogen-bond acceptors (Lipinski definition) is 5. The van der Waals surface area contributed by atoms with Gasteiger partial charge in [-0.2, -0.15) is 4.31 Å². The lowest BCUT2D eigenvalue weighted by atomic mass is 10.0. The first-order valence-corrected chi connectivity index (χ1v) is 7.05. The van der Waals surface area contributed by atoms with E-state index in [9.17, 15) is 13.2 Å². The number of nitrogens with zero attached hydrogens (tertiary/aromatic N) is 2. The number of hydrogen-bond donors (Lipinski definition) is 0. The smallest absolute Gasteiger partial charge is 0.410 e. The lowest BCUT2D eigenvalue weighted by Crippen LogP contribution is -2.46. The Balaban J connectivity index is 2.27. The zero-order chi connectivity index (χ0) is 12.8. The Morgan fingerprint density at radius 1 is 1.47 bits per heavy atom. The second kappa shape index (κ2) is 3.82. The molecule has 1 spiro atoms. The molecule has 0 aromatic carbocycles. The van der Waals surface area contributed by atoms with Crippen LogP contribution in [0.2, 0.25) is 0 Å². The van der Waals surface area contributed by atoms with Crippen molar-refractivity contribution in [1.29, 1.82) is 0 Å². The molecule has 0 bridgehead atoms. The van der Waals surface area contributed by atoms with Crippen molar-refractivity contribution in [2.45, 2.75) is 11.7 Å². The van der Waals surface area contributed by atoms with Crippen LogP contribution < -0.4 is 0 Å². The number of sulfonamides is 1. The monoisotopic (exact) mass is 264 g/mol. The van der Waals surface area contributed by atoms with Gasteiger partial charge >= 0.3 is 6.09 Å². The summed E-state index contributed by atoms with van der Waals surface area (Å²) in [6.07, 6.45) is 0.271. The van der Waals surface area contributed by atoms with Crippen LogP contribution in [-0.4, -0.2) is 75.5 Å². The minimum absolute atomic E-state index is 0.153. The molecule has 0 radical (unpaired) electrons. The predicted octanol–water partition coefficient (Wildman–Crippen LogP) is -0.903. The van der Waals surface area contributed by atoms with E-state index in [0.717, 1.165) is 6.26 Å². The van der Waals surface area contributed by atoms with Crippen molar-refractivity contribution in [3.63, 3.8) is 0 Å². The third kappa shape index (κ3) is 2.00. The molecule has 0 aromatic rings. The Morgan fingerprint density at radius 2 is 2.12 bits per heavy atom. The van der Waals surface area contributed by atoms with E-state index in [1.807, 2.05) is 0 Å². The number of carbonyl (C=O) groups excluding carboxylic acids is 1.